The van der Waals surface area contributed by atoms with Gasteiger partial charge in [-0.25, -0.2) is 8.42 Å². The van der Waals surface area contributed by atoms with Crippen LogP contribution in [0.25, 0.3) is 11.1 Å². The third kappa shape index (κ3) is 4.57. The number of hydrogen-bond donors (Lipinski definition) is 1. The van der Waals surface area contributed by atoms with Crippen molar-refractivity contribution in [3.63, 3.8) is 0 Å². The van der Waals surface area contributed by atoms with Gasteiger partial charge in [-0.2, -0.15) is 4.31 Å². The van der Waals surface area contributed by atoms with Gasteiger partial charge in [-0.3, -0.25) is 4.79 Å². The normalized spacial score (nSPS) is 16.0. The van der Waals surface area contributed by atoms with Crippen molar-refractivity contribution >= 4 is 15.9 Å². The van der Waals surface area contributed by atoms with Crippen molar-refractivity contribution in [1.29, 1.82) is 0 Å². The minimum atomic E-state index is -3.78. The second-order valence-corrected chi connectivity index (χ2v) is 10.2. The van der Waals surface area contributed by atoms with Crippen LogP contribution in [0.15, 0.2) is 71.6 Å². The Hall–Kier alpha value is -3.20. The fraction of sp³-hybridized carbons (Fsp3) is 0.269. The molecule has 1 amide bonds. The maximum Gasteiger partial charge on any atom is 0.252 e. The van der Waals surface area contributed by atoms with E-state index in [1.165, 1.54) is 15.9 Å². The molecule has 0 saturated carbocycles. The molecule has 0 atom stereocenters. The molecule has 176 valence electrons. The van der Waals surface area contributed by atoms with Gasteiger partial charge in [0.05, 0.1) is 30.3 Å². The van der Waals surface area contributed by atoms with E-state index in [1.54, 1.807) is 18.2 Å². The molecule has 8 heteroatoms. The first kappa shape index (κ1) is 22.6. The molecule has 0 unspecified atom stereocenters. The van der Waals surface area contributed by atoms with Gasteiger partial charge in [0.1, 0.15) is 5.75 Å². The van der Waals surface area contributed by atoms with Crippen LogP contribution < -0.4 is 10.1 Å². The number of ether oxygens (including phenoxy) is 2. The van der Waals surface area contributed by atoms with Gasteiger partial charge < -0.3 is 14.8 Å². The molecule has 2 aliphatic rings. The Morgan fingerprint density at radius 3 is 2.44 bits per heavy atom. The average molecular weight is 479 g/mol. The minimum Gasteiger partial charge on any atom is -0.493 e. The maximum atomic E-state index is 13.1. The van der Waals surface area contributed by atoms with Crippen molar-refractivity contribution in [3.8, 4) is 16.9 Å². The predicted octanol–water partition coefficient (Wildman–Crippen LogP) is 3.24. The van der Waals surface area contributed by atoms with Crippen LogP contribution in [0.5, 0.6) is 5.75 Å². The highest BCUT2D eigenvalue weighted by Crippen LogP contribution is 2.30. The van der Waals surface area contributed by atoms with Crippen molar-refractivity contribution in [2.75, 3.05) is 32.9 Å². The Kier molecular flexibility index (Phi) is 6.36. The highest BCUT2D eigenvalue weighted by Gasteiger charge is 2.30. The maximum absolute atomic E-state index is 13.1. The van der Waals surface area contributed by atoms with Gasteiger partial charge in [0, 0.05) is 26.1 Å². The van der Waals surface area contributed by atoms with Crippen LogP contribution in [0, 0.1) is 0 Å². The smallest absolute Gasteiger partial charge is 0.252 e. The molecule has 0 aromatic heterocycles. The molecule has 0 aliphatic carbocycles. The number of benzene rings is 3. The number of fused-ring (bicyclic) bond motifs is 1. The third-order valence-corrected chi connectivity index (χ3v) is 8.11. The summed E-state index contributed by atoms with van der Waals surface area (Å²) in [5, 5.41) is 2.86. The summed E-state index contributed by atoms with van der Waals surface area (Å²) in [6.45, 7) is 2.28. The zero-order valence-corrected chi connectivity index (χ0v) is 19.5. The fourth-order valence-corrected chi connectivity index (χ4v) is 5.86. The average Bonchev–Trinajstić information content (AvgIpc) is 3.36. The molecule has 0 radical (unpaired) electrons. The Balaban J connectivity index is 1.28. The summed E-state index contributed by atoms with van der Waals surface area (Å²) >= 11 is 0. The van der Waals surface area contributed by atoms with Crippen molar-refractivity contribution < 1.29 is 22.7 Å². The molecule has 2 heterocycles. The van der Waals surface area contributed by atoms with Crippen LogP contribution in [0.2, 0.25) is 0 Å². The zero-order valence-electron chi connectivity index (χ0n) is 18.7. The van der Waals surface area contributed by atoms with Crippen LogP contribution in [0.1, 0.15) is 21.5 Å². The lowest BCUT2D eigenvalue weighted by Gasteiger charge is -2.26. The van der Waals surface area contributed by atoms with Crippen LogP contribution in [0.3, 0.4) is 0 Å². The van der Waals surface area contributed by atoms with Crippen molar-refractivity contribution in [3.05, 3.63) is 83.4 Å². The van der Waals surface area contributed by atoms with Gasteiger partial charge in [0.2, 0.25) is 10.0 Å². The summed E-state index contributed by atoms with van der Waals surface area (Å²) in [5.74, 6) is 0.536. The van der Waals surface area contributed by atoms with E-state index < -0.39 is 15.9 Å². The Morgan fingerprint density at radius 2 is 1.65 bits per heavy atom. The molecular weight excluding hydrogens is 452 g/mol. The van der Waals surface area contributed by atoms with Crippen LogP contribution in [-0.2, 0) is 27.7 Å². The number of carbonyl (C=O) groups excluding carboxylic acids is 1. The molecule has 1 fully saturated rings. The van der Waals surface area contributed by atoms with Gasteiger partial charge in [-0.1, -0.05) is 42.5 Å². The van der Waals surface area contributed by atoms with Crippen LogP contribution in [0.4, 0.5) is 0 Å². The summed E-state index contributed by atoms with van der Waals surface area (Å²) in [5.41, 5.74) is 4.51. The van der Waals surface area contributed by atoms with Gasteiger partial charge in [0.15, 0.2) is 0 Å². The fourth-order valence-electron chi connectivity index (χ4n) is 4.26. The molecule has 5 rings (SSSR count). The topological polar surface area (TPSA) is 84.9 Å². The number of hydrogen-bond acceptors (Lipinski definition) is 5. The number of rotatable bonds is 6. The van der Waals surface area contributed by atoms with E-state index in [0.29, 0.717) is 19.8 Å². The van der Waals surface area contributed by atoms with E-state index in [2.05, 4.69) is 11.4 Å². The number of amides is 1. The Bertz CT molecular complexity index is 1300. The lowest BCUT2D eigenvalue weighted by Crippen LogP contribution is -2.41. The Labute approximate surface area is 199 Å². The van der Waals surface area contributed by atoms with E-state index in [0.717, 1.165) is 35.5 Å². The third-order valence-electron chi connectivity index (χ3n) is 6.15. The van der Waals surface area contributed by atoms with E-state index in [-0.39, 0.29) is 23.5 Å². The molecule has 3 aromatic rings. The van der Waals surface area contributed by atoms with Gasteiger partial charge >= 0.3 is 0 Å². The predicted molar refractivity (Wildman–Crippen MR) is 128 cm³/mol. The molecule has 1 N–H and O–H groups in total. The summed E-state index contributed by atoms with van der Waals surface area (Å²) in [7, 11) is -3.78. The summed E-state index contributed by atoms with van der Waals surface area (Å²) < 4.78 is 38.4. The Morgan fingerprint density at radius 1 is 0.912 bits per heavy atom. The lowest BCUT2D eigenvalue weighted by molar-refractivity contribution is 0.0730. The molecule has 1 saturated heterocycles. The second-order valence-electron chi connectivity index (χ2n) is 8.31. The van der Waals surface area contributed by atoms with Gasteiger partial charge in [0.25, 0.3) is 5.91 Å². The van der Waals surface area contributed by atoms with E-state index in [1.807, 2.05) is 36.4 Å². The molecular formula is C26H26N2O5S. The standard InChI is InChI=1S/C26H26N2O5S/c29-26(23-3-1-2-4-25(23)34(30,31)28-12-15-32-16-13-28)27-18-19-5-7-20(8-6-19)21-9-10-24-22(17-21)11-14-33-24/h1-10,17H,11-16,18H2,(H,27,29). The SMILES string of the molecule is O=C(NCc1ccc(-c2ccc3c(c2)CCO3)cc1)c1ccccc1S(=O)(=O)N1CCOCC1. The zero-order chi connectivity index (χ0) is 23.5. The number of sulfonamides is 1. The van der Waals surface area contributed by atoms with E-state index in [4.69, 9.17) is 9.47 Å². The van der Waals surface area contributed by atoms with Crippen LogP contribution >= 0.6 is 0 Å². The van der Waals surface area contributed by atoms with Crippen molar-refractivity contribution in [1.82, 2.24) is 9.62 Å². The second kappa shape index (κ2) is 9.58. The van der Waals surface area contributed by atoms with E-state index in [9.17, 15) is 13.2 Å². The molecule has 0 bridgehead atoms. The quantitative estimate of drug-likeness (QED) is 0.588. The highest BCUT2D eigenvalue weighted by atomic mass is 32.2. The van der Waals surface area contributed by atoms with E-state index >= 15 is 0 Å². The van der Waals surface area contributed by atoms with Crippen LogP contribution in [-0.4, -0.2) is 51.5 Å². The molecule has 2 aliphatic heterocycles. The monoisotopic (exact) mass is 478 g/mol. The molecule has 3 aromatic carbocycles. The van der Waals surface area contributed by atoms with Crippen molar-refractivity contribution in [2.45, 2.75) is 17.9 Å². The highest BCUT2D eigenvalue weighted by molar-refractivity contribution is 7.89. The van der Waals surface area contributed by atoms with Gasteiger partial charge in [-0.05, 0) is 46.5 Å². The minimum absolute atomic E-state index is 0.0188. The number of morpholine rings is 1. The van der Waals surface area contributed by atoms with Crippen molar-refractivity contribution in [2.24, 2.45) is 0 Å². The summed E-state index contributed by atoms with van der Waals surface area (Å²) in [6.07, 6.45) is 0.927. The number of nitrogens with one attached hydrogen (secondary N) is 1. The first-order valence-corrected chi connectivity index (χ1v) is 12.8. The lowest BCUT2D eigenvalue weighted by atomic mass is 10.0. The van der Waals surface area contributed by atoms with Gasteiger partial charge in [-0.15, -0.1) is 0 Å². The number of nitrogens with zero attached hydrogens (tertiary/aromatic N) is 1. The first-order chi connectivity index (χ1) is 16.5. The summed E-state index contributed by atoms with van der Waals surface area (Å²) in [4.78, 5) is 13.0. The molecule has 34 heavy (non-hydrogen) atoms. The summed E-state index contributed by atoms with van der Waals surface area (Å²) in [6, 6.07) is 20.5. The first-order valence-electron chi connectivity index (χ1n) is 11.3. The number of carbonyl (C=O) groups is 1. The molecule has 0 spiro atoms. The molecule has 7 nitrogen and oxygen atoms in total. The largest absolute Gasteiger partial charge is 0.493 e.